The van der Waals surface area contributed by atoms with E-state index in [0.29, 0.717) is 11.9 Å². The zero-order valence-corrected chi connectivity index (χ0v) is 16.1. The van der Waals surface area contributed by atoms with E-state index in [-0.39, 0.29) is 11.1 Å². The molecule has 28 heavy (non-hydrogen) atoms. The van der Waals surface area contributed by atoms with Crippen LogP contribution in [-0.4, -0.2) is 20.6 Å². The van der Waals surface area contributed by atoms with Crippen LogP contribution < -0.4 is 5.56 Å². The molecule has 0 radical (unpaired) electrons. The molecule has 2 aromatic heterocycles. The van der Waals surface area contributed by atoms with Crippen LogP contribution in [0.25, 0.3) is 21.3 Å². The maximum absolute atomic E-state index is 13.1. The predicted octanol–water partition coefficient (Wildman–Crippen LogP) is 4.43. The van der Waals surface area contributed by atoms with Gasteiger partial charge in [-0.05, 0) is 35.2 Å². The van der Waals surface area contributed by atoms with Crippen molar-refractivity contribution in [1.29, 1.82) is 0 Å². The highest BCUT2D eigenvalue weighted by molar-refractivity contribution is 7.17. The molecule has 1 N–H and O–H groups in total. The van der Waals surface area contributed by atoms with Crippen molar-refractivity contribution in [1.82, 2.24) is 9.55 Å². The van der Waals surface area contributed by atoms with Gasteiger partial charge in [-0.2, -0.15) is 0 Å². The summed E-state index contributed by atoms with van der Waals surface area (Å²) in [6, 6.07) is 14.8. The molecule has 0 saturated heterocycles. The quantitative estimate of drug-likeness (QED) is 0.547. The monoisotopic (exact) mass is 390 g/mol. The lowest BCUT2D eigenvalue weighted by atomic mass is 10.0. The summed E-state index contributed by atoms with van der Waals surface area (Å²) in [6.45, 7) is 2.45. The molecular formula is C22H18N2O3S. The molecule has 0 saturated carbocycles. The van der Waals surface area contributed by atoms with Gasteiger partial charge in [-0.15, -0.1) is 11.3 Å². The second kappa shape index (κ2) is 7.40. The Bertz CT molecular complexity index is 1210. The number of benzene rings is 2. The molecule has 0 fully saturated rings. The molecule has 0 aliphatic rings. The van der Waals surface area contributed by atoms with Crippen LogP contribution in [0, 0.1) is 0 Å². The lowest BCUT2D eigenvalue weighted by molar-refractivity contribution is 0.0697. The van der Waals surface area contributed by atoms with E-state index in [2.05, 4.69) is 24.0 Å². The van der Waals surface area contributed by atoms with Crippen LogP contribution >= 0.6 is 11.3 Å². The van der Waals surface area contributed by atoms with Crippen molar-refractivity contribution in [2.75, 3.05) is 0 Å². The molecule has 4 aromatic rings. The molecule has 0 bridgehead atoms. The first kappa shape index (κ1) is 18.1. The predicted molar refractivity (Wildman–Crippen MR) is 111 cm³/mol. The van der Waals surface area contributed by atoms with Crippen molar-refractivity contribution >= 4 is 27.5 Å². The van der Waals surface area contributed by atoms with Gasteiger partial charge in [0.25, 0.3) is 5.56 Å². The lowest BCUT2D eigenvalue weighted by Crippen LogP contribution is -2.21. The van der Waals surface area contributed by atoms with Crippen molar-refractivity contribution in [2.24, 2.45) is 0 Å². The topological polar surface area (TPSA) is 72.2 Å². The maximum Gasteiger partial charge on any atom is 0.335 e. The van der Waals surface area contributed by atoms with Gasteiger partial charge in [-0.25, -0.2) is 9.78 Å². The Morgan fingerprint density at radius 1 is 1.07 bits per heavy atom. The van der Waals surface area contributed by atoms with E-state index < -0.39 is 5.97 Å². The van der Waals surface area contributed by atoms with E-state index >= 15 is 0 Å². The largest absolute Gasteiger partial charge is 0.478 e. The second-order valence-electron chi connectivity index (χ2n) is 6.56. The zero-order chi connectivity index (χ0) is 19.7. The Morgan fingerprint density at radius 2 is 1.75 bits per heavy atom. The molecule has 5 nitrogen and oxygen atoms in total. The molecule has 0 aliphatic carbocycles. The van der Waals surface area contributed by atoms with Gasteiger partial charge in [0.15, 0.2) is 0 Å². The molecule has 0 amide bonds. The van der Waals surface area contributed by atoms with Crippen molar-refractivity contribution in [2.45, 2.75) is 19.9 Å². The molecule has 0 unspecified atom stereocenters. The fourth-order valence-electron chi connectivity index (χ4n) is 3.16. The van der Waals surface area contributed by atoms with Gasteiger partial charge in [-0.1, -0.05) is 43.3 Å². The first-order valence-electron chi connectivity index (χ1n) is 8.95. The van der Waals surface area contributed by atoms with Gasteiger partial charge in [0.05, 0.1) is 23.8 Å². The third-order valence-corrected chi connectivity index (χ3v) is 5.67. The standard InChI is InChI=1S/C22H18N2O3S/c1-2-14-3-7-16(8-4-14)18-12-28-20-19(18)21(25)24(13-23-20)11-15-5-9-17(10-6-15)22(26)27/h3-10,12-13H,2,11H2,1H3,(H,26,27). The number of rotatable bonds is 5. The maximum atomic E-state index is 13.1. The number of thiophene rings is 1. The van der Waals surface area contributed by atoms with Crippen LogP contribution in [0.1, 0.15) is 28.4 Å². The first-order valence-corrected chi connectivity index (χ1v) is 9.83. The fraction of sp³-hybridized carbons (Fsp3) is 0.136. The Morgan fingerprint density at radius 3 is 2.39 bits per heavy atom. The fourth-order valence-corrected chi connectivity index (χ4v) is 4.07. The summed E-state index contributed by atoms with van der Waals surface area (Å²) in [5.74, 6) is -0.969. The van der Waals surface area contributed by atoms with E-state index in [4.69, 9.17) is 5.11 Å². The summed E-state index contributed by atoms with van der Waals surface area (Å²) < 4.78 is 1.56. The van der Waals surface area contributed by atoms with Crippen LogP contribution in [0.3, 0.4) is 0 Å². The van der Waals surface area contributed by atoms with Gasteiger partial charge in [0.2, 0.25) is 0 Å². The van der Waals surface area contributed by atoms with Crippen molar-refractivity contribution < 1.29 is 9.90 Å². The Labute approximate surface area is 165 Å². The molecule has 0 spiro atoms. The summed E-state index contributed by atoms with van der Waals surface area (Å²) in [6.07, 6.45) is 2.52. The number of aryl methyl sites for hydroxylation is 1. The molecule has 0 aliphatic heterocycles. The number of hydrogen-bond donors (Lipinski definition) is 1. The normalized spacial score (nSPS) is 11.0. The average molecular weight is 390 g/mol. The number of hydrogen-bond acceptors (Lipinski definition) is 4. The zero-order valence-electron chi connectivity index (χ0n) is 15.3. The highest BCUT2D eigenvalue weighted by atomic mass is 32.1. The molecule has 0 atom stereocenters. The van der Waals surface area contributed by atoms with Gasteiger partial charge in [0.1, 0.15) is 4.83 Å². The molecular weight excluding hydrogens is 372 g/mol. The number of fused-ring (bicyclic) bond motifs is 1. The number of carbonyl (C=O) groups is 1. The number of nitrogens with zero attached hydrogens (tertiary/aromatic N) is 2. The molecule has 6 heteroatoms. The van der Waals surface area contributed by atoms with Gasteiger partial charge in [0, 0.05) is 10.9 Å². The van der Waals surface area contributed by atoms with E-state index in [1.54, 1.807) is 35.2 Å². The summed E-state index contributed by atoms with van der Waals surface area (Å²) >= 11 is 1.46. The Hall–Kier alpha value is -3.25. The highest BCUT2D eigenvalue weighted by Crippen LogP contribution is 2.30. The van der Waals surface area contributed by atoms with Crippen LogP contribution in [-0.2, 0) is 13.0 Å². The third-order valence-electron chi connectivity index (χ3n) is 4.79. The summed E-state index contributed by atoms with van der Waals surface area (Å²) in [7, 11) is 0. The van der Waals surface area contributed by atoms with Crippen molar-refractivity contribution in [3.05, 3.63) is 87.3 Å². The third kappa shape index (κ3) is 3.34. The van der Waals surface area contributed by atoms with Crippen LogP contribution in [0.15, 0.2) is 65.0 Å². The SMILES string of the molecule is CCc1ccc(-c2csc3ncn(Cc4ccc(C(=O)O)cc4)c(=O)c23)cc1. The van der Waals surface area contributed by atoms with E-state index in [0.717, 1.165) is 27.9 Å². The molecule has 2 heterocycles. The molecule has 2 aromatic carbocycles. The number of carboxylic acids is 1. The summed E-state index contributed by atoms with van der Waals surface area (Å²) in [4.78, 5) is 29.3. The van der Waals surface area contributed by atoms with Crippen molar-refractivity contribution in [3.8, 4) is 11.1 Å². The van der Waals surface area contributed by atoms with Gasteiger partial charge >= 0.3 is 5.97 Å². The van der Waals surface area contributed by atoms with Gasteiger partial charge < -0.3 is 5.11 Å². The summed E-state index contributed by atoms with van der Waals surface area (Å²) in [5.41, 5.74) is 4.13. The van der Waals surface area contributed by atoms with E-state index in [9.17, 15) is 9.59 Å². The van der Waals surface area contributed by atoms with Crippen LogP contribution in [0.4, 0.5) is 0 Å². The minimum absolute atomic E-state index is 0.0943. The molecule has 4 rings (SSSR count). The average Bonchev–Trinajstić information content (AvgIpc) is 3.15. The second-order valence-corrected chi connectivity index (χ2v) is 7.42. The smallest absolute Gasteiger partial charge is 0.335 e. The van der Waals surface area contributed by atoms with E-state index in [1.807, 2.05) is 17.5 Å². The Kier molecular flexibility index (Phi) is 4.79. The minimum atomic E-state index is -0.969. The summed E-state index contributed by atoms with van der Waals surface area (Å²) in [5, 5.41) is 11.6. The highest BCUT2D eigenvalue weighted by Gasteiger charge is 2.13. The lowest BCUT2D eigenvalue weighted by Gasteiger charge is -2.07. The first-order chi connectivity index (χ1) is 13.6. The minimum Gasteiger partial charge on any atom is -0.478 e. The van der Waals surface area contributed by atoms with Crippen molar-refractivity contribution in [3.63, 3.8) is 0 Å². The van der Waals surface area contributed by atoms with E-state index in [1.165, 1.54) is 16.9 Å². The number of aromatic nitrogens is 2. The number of carboxylic acid groups (broad SMARTS) is 1. The van der Waals surface area contributed by atoms with Crippen LogP contribution in [0.5, 0.6) is 0 Å². The Balaban J connectivity index is 1.73. The molecule has 140 valence electrons. The van der Waals surface area contributed by atoms with Gasteiger partial charge in [-0.3, -0.25) is 9.36 Å². The number of aromatic carboxylic acids is 1. The van der Waals surface area contributed by atoms with Crippen LogP contribution in [0.2, 0.25) is 0 Å².